The molecule has 1 saturated heterocycles. The van der Waals surface area contributed by atoms with Gasteiger partial charge in [-0.3, -0.25) is 0 Å². The molecular weight excluding hydrogens is 226 g/mol. The lowest BCUT2D eigenvalue weighted by Crippen LogP contribution is -2.47. The fourth-order valence-corrected chi connectivity index (χ4v) is 1.76. The van der Waals surface area contributed by atoms with Crippen LogP contribution in [0.25, 0.3) is 0 Å². The third-order valence-corrected chi connectivity index (χ3v) is 2.90. The zero-order valence-corrected chi connectivity index (χ0v) is 9.71. The number of anilines is 2. The van der Waals surface area contributed by atoms with Gasteiger partial charge >= 0.3 is 0 Å². The SMILES string of the molecule is CN1CCN(Nc2c(N)ccc(F)c2F)CC1. The van der Waals surface area contributed by atoms with Crippen molar-refractivity contribution in [3.63, 3.8) is 0 Å². The molecule has 0 saturated carbocycles. The van der Waals surface area contributed by atoms with E-state index in [1.165, 1.54) is 6.07 Å². The first-order chi connectivity index (χ1) is 8.08. The van der Waals surface area contributed by atoms with Crippen LogP contribution < -0.4 is 11.2 Å². The number of nitrogens with zero attached hydrogens (tertiary/aromatic N) is 2. The van der Waals surface area contributed by atoms with Gasteiger partial charge in [0.25, 0.3) is 0 Å². The molecule has 17 heavy (non-hydrogen) atoms. The van der Waals surface area contributed by atoms with Crippen molar-refractivity contribution in [2.24, 2.45) is 0 Å². The minimum Gasteiger partial charge on any atom is -0.397 e. The number of piperazine rings is 1. The Balaban J connectivity index is 2.11. The van der Waals surface area contributed by atoms with Gasteiger partial charge in [0.1, 0.15) is 5.69 Å². The maximum atomic E-state index is 13.5. The lowest BCUT2D eigenvalue weighted by molar-refractivity contribution is 0.178. The predicted molar refractivity (Wildman–Crippen MR) is 63.5 cm³/mol. The highest BCUT2D eigenvalue weighted by atomic mass is 19.2. The Hall–Kier alpha value is -1.40. The molecular formula is C11H16F2N4. The monoisotopic (exact) mass is 242 g/mol. The first-order valence-electron chi connectivity index (χ1n) is 5.51. The van der Waals surface area contributed by atoms with E-state index in [9.17, 15) is 8.78 Å². The molecule has 1 aromatic rings. The lowest BCUT2D eigenvalue weighted by atomic mass is 10.2. The first-order valence-corrected chi connectivity index (χ1v) is 5.51. The summed E-state index contributed by atoms with van der Waals surface area (Å²) in [6, 6.07) is 2.39. The molecule has 1 fully saturated rings. The number of halogens is 2. The lowest BCUT2D eigenvalue weighted by Gasteiger charge is -2.33. The van der Waals surface area contributed by atoms with Crippen molar-refractivity contribution in [1.82, 2.24) is 9.91 Å². The van der Waals surface area contributed by atoms with Crippen molar-refractivity contribution in [3.8, 4) is 0 Å². The van der Waals surface area contributed by atoms with E-state index in [1.807, 2.05) is 12.1 Å². The summed E-state index contributed by atoms with van der Waals surface area (Å²) in [6.45, 7) is 3.24. The van der Waals surface area contributed by atoms with E-state index in [2.05, 4.69) is 10.3 Å². The van der Waals surface area contributed by atoms with Gasteiger partial charge in [-0.2, -0.15) is 0 Å². The van der Waals surface area contributed by atoms with Crippen LogP contribution in [-0.2, 0) is 0 Å². The fraction of sp³-hybridized carbons (Fsp3) is 0.455. The number of hydrogen-bond acceptors (Lipinski definition) is 4. The molecule has 4 nitrogen and oxygen atoms in total. The molecule has 0 aliphatic carbocycles. The topological polar surface area (TPSA) is 44.5 Å². The number of hydrazine groups is 1. The molecule has 1 heterocycles. The van der Waals surface area contributed by atoms with Crippen LogP contribution in [0.3, 0.4) is 0 Å². The Labute approximate surface area is 99.0 Å². The quantitative estimate of drug-likeness (QED) is 0.763. The van der Waals surface area contributed by atoms with Crippen molar-refractivity contribution in [2.75, 3.05) is 44.4 Å². The second kappa shape index (κ2) is 4.85. The maximum Gasteiger partial charge on any atom is 0.185 e. The Morgan fingerprint density at radius 2 is 1.82 bits per heavy atom. The van der Waals surface area contributed by atoms with E-state index >= 15 is 0 Å². The van der Waals surface area contributed by atoms with E-state index in [-0.39, 0.29) is 11.4 Å². The molecule has 0 aromatic heterocycles. The van der Waals surface area contributed by atoms with Crippen molar-refractivity contribution >= 4 is 11.4 Å². The van der Waals surface area contributed by atoms with Gasteiger partial charge in [0, 0.05) is 26.2 Å². The molecule has 0 spiro atoms. The van der Waals surface area contributed by atoms with Crippen molar-refractivity contribution < 1.29 is 8.78 Å². The summed E-state index contributed by atoms with van der Waals surface area (Å²) in [6.07, 6.45) is 0. The van der Waals surface area contributed by atoms with Gasteiger partial charge < -0.3 is 16.1 Å². The van der Waals surface area contributed by atoms with E-state index < -0.39 is 11.6 Å². The van der Waals surface area contributed by atoms with Gasteiger partial charge in [0.15, 0.2) is 11.6 Å². The van der Waals surface area contributed by atoms with Crippen molar-refractivity contribution in [2.45, 2.75) is 0 Å². The standard InChI is InChI=1S/C11H16F2N4/c1-16-4-6-17(7-5-16)15-11-9(14)3-2-8(12)10(11)13/h2-3,15H,4-7,14H2,1H3. The predicted octanol–water partition coefficient (Wildman–Crippen LogP) is 1.12. The van der Waals surface area contributed by atoms with E-state index in [4.69, 9.17) is 5.73 Å². The summed E-state index contributed by atoms with van der Waals surface area (Å²) in [5.74, 6) is -1.82. The van der Waals surface area contributed by atoms with E-state index in [0.717, 1.165) is 32.2 Å². The highest BCUT2D eigenvalue weighted by Crippen LogP contribution is 2.25. The van der Waals surface area contributed by atoms with Crippen molar-refractivity contribution in [3.05, 3.63) is 23.8 Å². The minimum absolute atomic E-state index is 0.0227. The second-order valence-electron chi connectivity index (χ2n) is 4.23. The summed E-state index contributed by atoms with van der Waals surface area (Å²) in [4.78, 5) is 2.17. The third kappa shape index (κ3) is 2.65. The van der Waals surface area contributed by atoms with Crippen molar-refractivity contribution in [1.29, 1.82) is 0 Å². The van der Waals surface area contributed by atoms with Gasteiger partial charge in [0.05, 0.1) is 5.69 Å². The summed E-state index contributed by atoms with van der Waals surface area (Å²) in [5, 5.41) is 1.84. The normalized spacial score (nSPS) is 18.3. The Morgan fingerprint density at radius 1 is 1.18 bits per heavy atom. The second-order valence-corrected chi connectivity index (χ2v) is 4.23. The smallest absolute Gasteiger partial charge is 0.185 e. The molecule has 2 rings (SSSR count). The summed E-state index contributed by atoms with van der Waals surface area (Å²) < 4.78 is 26.6. The third-order valence-electron chi connectivity index (χ3n) is 2.90. The van der Waals surface area contributed by atoms with Gasteiger partial charge in [-0.05, 0) is 19.2 Å². The van der Waals surface area contributed by atoms with Crippen LogP contribution in [0.4, 0.5) is 20.2 Å². The van der Waals surface area contributed by atoms with E-state index in [1.54, 1.807) is 0 Å². The Kier molecular flexibility index (Phi) is 3.44. The molecule has 1 aliphatic rings. The molecule has 0 amide bonds. The number of likely N-dealkylation sites (N-methyl/N-ethyl adjacent to an activating group) is 1. The largest absolute Gasteiger partial charge is 0.397 e. The average molecular weight is 242 g/mol. The minimum atomic E-state index is -0.927. The Bertz CT molecular complexity index is 403. The zero-order valence-electron chi connectivity index (χ0n) is 9.71. The first kappa shape index (κ1) is 12.1. The Morgan fingerprint density at radius 3 is 2.47 bits per heavy atom. The fourth-order valence-electron chi connectivity index (χ4n) is 1.76. The van der Waals surface area contributed by atoms with Crippen LogP contribution in [0, 0.1) is 11.6 Å². The highest BCUT2D eigenvalue weighted by Gasteiger charge is 2.18. The molecule has 3 N–H and O–H groups in total. The van der Waals surface area contributed by atoms with Crippen LogP contribution in [0.15, 0.2) is 12.1 Å². The van der Waals surface area contributed by atoms with Crippen LogP contribution in [0.1, 0.15) is 0 Å². The molecule has 0 bridgehead atoms. The van der Waals surface area contributed by atoms with Crippen LogP contribution in [-0.4, -0.2) is 43.1 Å². The number of hydrogen-bond donors (Lipinski definition) is 2. The molecule has 6 heteroatoms. The van der Waals surface area contributed by atoms with E-state index in [0.29, 0.717) is 0 Å². The molecule has 94 valence electrons. The number of nitrogens with one attached hydrogen (secondary N) is 1. The van der Waals surface area contributed by atoms with Gasteiger partial charge in [-0.25, -0.2) is 13.8 Å². The molecule has 0 unspecified atom stereocenters. The molecule has 0 atom stereocenters. The van der Waals surface area contributed by atoms with Gasteiger partial charge in [-0.1, -0.05) is 0 Å². The summed E-state index contributed by atoms with van der Waals surface area (Å²) >= 11 is 0. The average Bonchev–Trinajstić information content (AvgIpc) is 2.32. The van der Waals surface area contributed by atoms with Gasteiger partial charge in [-0.15, -0.1) is 0 Å². The highest BCUT2D eigenvalue weighted by molar-refractivity contribution is 5.66. The maximum absolute atomic E-state index is 13.5. The number of benzene rings is 1. The molecule has 1 aromatic carbocycles. The van der Waals surface area contributed by atoms with Gasteiger partial charge in [0.2, 0.25) is 0 Å². The number of nitrogens with two attached hydrogens (primary N) is 1. The van der Waals surface area contributed by atoms with Crippen LogP contribution >= 0.6 is 0 Å². The van der Waals surface area contributed by atoms with Crippen LogP contribution in [0.2, 0.25) is 0 Å². The zero-order chi connectivity index (χ0) is 12.4. The summed E-state index contributed by atoms with van der Waals surface area (Å²) in [5.41, 5.74) is 8.71. The molecule has 0 radical (unpaired) electrons. The summed E-state index contributed by atoms with van der Waals surface area (Å²) in [7, 11) is 2.02. The number of rotatable bonds is 2. The van der Waals surface area contributed by atoms with Crippen LogP contribution in [0.5, 0.6) is 0 Å². The molecule has 1 aliphatic heterocycles. The number of nitrogen functional groups attached to an aromatic ring is 1.